The summed E-state index contributed by atoms with van der Waals surface area (Å²) in [5.74, 6) is -6.47. The van der Waals surface area contributed by atoms with Gasteiger partial charge in [0.1, 0.15) is 11.6 Å². The minimum absolute atomic E-state index is 0.282. The number of allylic oxidation sites excluding steroid dienone is 1. The second-order valence-electron chi connectivity index (χ2n) is 7.84. The highest BCUT2D eigenvalue weighted by molar-refractivity contribution is 5.85. The van der Waals surface area contributed by atoms with Crippen LogP contribution in [0.2, 0.25) is 0 Å². The summed E-state index contributed by atoms with van der Waals surface area (Å²) in [6.45, 7) is 2.14. The molecule has 4 rings (SSSR count). The summed E-state index contributed by atoms with van der Waals surface area (Å²) in [5.41, 5.74) is 2.99. The SMILES string of the molecule is CCCCc1ccc(C2=Cc3cc(F)c(-c4cc(F)c(F)c(F)c4)c(F)c3CC2)cc1. The number of fused-ring (bicyclic) bond motifs is 1. The van der Waals surface area contributed by atoms with Gasteiger partial charge in [-0.25, -0.2) is 22.0 Å². The van der Waals surface area contributed by atoms with Crippen LogP contribution in [0.15, 0.2) is 42.5 Å². The lowest BCUT2D eigenvalue weighted by Gasteiger charge is -2.20. The molecule has 3 aromatic carbocycles. The Morgan fingerprint density at radius 2 is 1.42 bits per heavy atom. The Hall–Kier alpha value is -2.95. The Labute approximate surface area is 178 Å². The standard InChI is InChI=1S/C26H21F5/c1-2-3-4-15-5-7-16(8-6-15)17-9-10-20-18(11-17)12-21(27)24(25(20)30)19-13-22(28)26(31)23(29)14-19/h5-8,11-14H,2-4,9-10H2,1H3. The second kappa shape index (κ2) is 8.66. The van der Waals surface area contributed by atoms with E-state index in [1.165, 1.54) is 11.6 Å². The van der Waals surface area contributed by atoms with Gasteiger partial charge in [-0.3, -0.25) is 0 Å². The molecule has 160 valence electrons. The Balaban J connectivity index is 1.71. The fourth-order valence-corrected chi connectivity index (χ4v) is 4.04. The van der Waals surface area contributed by atoms with Crippen molar-refractivity contribution in [3.05, 3.63) is 93.8 Å². The summed E-state index contributed by atoms with van der Waals surface area (Å²) in [6.07, 6.45) is 5.89. The zero-order chi connectivity index (χ0) is 22.1. The maximum Gasteiger partial charge on any atom is 0.194 e. The van der Waals surface area contributed by atoms with E-state index < -0.39 is 34.6 Å². The van der Waals surface area contributed by atoms with Crippen molar-refractivity contribution >= 4 is 11.6 Å². The van der Waals surface area contributed by atoms with Gasteiger partial charge in [-0.2, -0.15) is 0 Å². The molecular formula is C26H21F5. The highest BCUT2D eigenvalue weighted by Gasteiger charge is 2.24. The van der Waals surface area contributed by atoms with E-state index in [0.717, 1.165) is 30.4 Å². The molecule has 1 aliphatic rings. The molecular weight excluding hydrogens is 407 g/mol. The third-order valence-electron chi connectivity index (χ3n) is 5.74. The summed E-state index contributed by atoms with van der Waals surface area (Å²) in [4.78, 5) is 0. The number of hydrogen-bond donors (Lipinski definition) is 0. The molecule has 0 nitrogen and oxygen atoms in total. The van der Waals surface area contributed by atoms with Gasteiger partial charge in [0.15, 0.2) is 17.5 Å². The summed E-state index contributed by atoms with van der Waals surface area (Å²) in [5, 5.41) is 0. The molecule has 0 heterocycles. The van der Waals surface area contributed by atoms with E-state index in [4.69, 9.17) is 0 Å². The topological polar surface area (TPSA) is 0 Å². The number of unbranched alkanes of at least 4 members (excludes halogenated alkanes) is 1. The number of aryl methyl sites for hydroxylation is 1. The van der Waals surface area contributed by atoms with Crippen molar-refractivity contribution in [1.29, 1.82) is 0 Å². The zero-order valence-electron chi connectivity index (χ0n) is 17.0. The number of halogens is 5. The molecule has 0 unspecified atom stereocenters. The normalized spacial score (nSPS) is 13.2. The fraction of sp³-hybridized carbons (Fsp3) is 0.231. The van der Waals surface area contributed by atoms with Crippen LogP contribution in [0.1, 0.15) is 48.4 Å². The first kappa shape index (κ1) is 21.3. The highest BCUT2D eigenvalue weighted by atomic mass is 19.2. The average Bonchev–Trinajstić information content (AvgIpc) is 2.76. The van der Waals surface area contributed by atoms with Crippen LogP contribution in [-0.2, 0) is 12.8 Å². The molecule has 0 amide bonds. The van der Waals surface area contributed by atoms with Gasteiger partial charge in [-0.1, -0.05) is 43.7 Å². The van der Waals surface area contributed by atoms with Gasteiger partial charge in [0, 0.05) is 0 Å². The summed E-state index contributed by atoms with van der Waals surface area (Å²) in [7, 11) is 0. The van der Waals surface area contributed by atoms with Crippen LogP contribution in [0, 0.1) is 29.1 Å². The highest BCUT2D eigenvalue weighted by Crippen LogP contribution is 2.37. The van der Waals surface area contributed by atoms with Crippen LogP contribution in [-0.4, -0.2) is 0 Å². The molecule has 0 aromatic heterocycles. The summed E-state index contributed by atoms with van der Waals surface area (Å²) < 4.78 is 70.4. The van der Waals surface area contributed by atoms with E-state index in [1.807, 2.05) is 12.1 Å². The molecule has 0 saturated carbocycles. The molecule has 0 radical (unpaired) electrons. The molecule has 5 heteroatoms. The zero-order valence-corrected chi connectivity index (χ0v) is 17.0. The van der Waals surface area contributed by atoms with E-state index in [1.54, 1.807) is 6.08 Å². The van der Waals surface area contributed by atoms with Crippen molar-refractivity contribution in [2.75, 3.05) is 0 Å². The molecule has 0 N–H and O–H groups in total. The van der Waals surface area contributed by atoms with Crippen molar-refractivity contribution in [3.8, 4) is 11.1 Å². The Morgan fingerprint density at radius 3 is 2.06 bits per heavy atom. The van der Waals surface area contributed by atoms with Crippen LogP contribution in [0.25, 0.3) is 22.8 Å². The van der Waals surface area contributed by atoms with E-state index in [9.17, 15) is 17.6 Å². The van der Waals surface area contributed by atoms with Gasteiger partial charge in [0.05, 0.1) is 5.56 Å². The van der Waals surface area contributed by atoms with Gasteiger partial charge in [0.2, 0.25) is 0 Å². The summed E-state index contributed by atoms with van der Waals surface area (Å²) >= 11 is 0. The molecule has 0 bridgehead atoms. The van der Waals surface area contributed by atoms with Crippen molar-refractivity contribution in [1.82, 2.24) is 0 Å². The number of hydrogen-bond acceptors (Lipinski definition) is 0. The van der Waals surface area contributed by atoms with Crippen LogP contribution in [0.4, 0.5) is 22.0 Å². The van der Waals surface area contributed by atoms with Gasteiger partial charge >= 0.3 is 0 Å². The van der Waals surface area contributed by atoms with Gasteiger partial charge < -0.3 is 0 Å². The first-order valence-corrected chi connectivity index (χ1v) is 10.3. The third kappa shape index (κ3) is 4.14. The lowest BCUT2D eigenvalue weighted by atomic mass is 9.86. The lowest BCUT2D eigenvalue weighted by molar-refractivity contribution is 0.447. The van der Waals surface area contributed by atoms with Crippen LogP contribution < -0.4 is 0 Å². The smallest absolute Gasteiger partial charge is 0.194 e. The van der Waals surface area contributed by atoms with Crippen molar-refractivity contribution in [2.45, 2.75) is 39.0 Å². The molecule has 0 atom stereocenters. The molecule has 0 fully saturated rings. The summed E-state index contributed by atoms with van der Waals surface area (Å²) in [6, 6.07) is 10.6. The van der Waals surface area contributed by atoms with Gasteiger partial charge in [-0.15, -0.1) is 0 Å². The molecule has 0 spiro atoms. The van der Waals surface area contributed by atoms with Gasteiger partial charge in [0.25, 0.3) is 0 Å². The Morgan fingerprint density at radius 1 is 0.742 bits per heavy atom. The van der Waals surface area contributed by atoms with Crippen molar-refractivity contribution < 1.29 is 22.0 Å². The number of benzene rings is 3. The van der Waals surface area contributed by atoms with E-state index in [-0.39, 0.29) is 11.1 Å². The maximum absolute atomic E-state index is 15.2. The molecule has 0 aliphatic heterocycles. The second-order valence-corrected chi connectivity index (χ2v) is 7.84. The van der Waals surface area contributed by atoms with Crippen LogP contribution in [0.3, 0.4) is 0 Å². The van der Waals surface area contributed by atoms with E-state index in [0.29, 0.717) is 30.5 Å². The van der Waals surface area contributed by atoms with Crippen LogP contribution in [0.5, 0.6) is 0 Å². The van der Waals surface area contributed by atoms with E-state index >= 15 is 4.39 Å². The van der Waals surface area contributed by atoms with Crippen molar-refractivity contribution in [2.24, 2.45) is 0 Å². The quantitative estimate of drug-likeness (QED) is 0.286. The minimum Gasteiger partial charge on any atom is -0.206 e. The van der Waals surface area contributed by atoms with E-state index in [2.05, 4.69) is 19.1 Å². The average molecular weight is 428 g/mol. The molecule has 3 aromatic rings. The predicted molar refractivity (Wildman–Crippen MR) is 113 cm³/mol. The number of rotatable bonds is 5. The predicted octanol–water partition coefficient (Wildman–Crippen LogP) is 7.88. The van der Waals surface area contributed by atoms with Crippen molar-refractivity contribution in [3.63, 3.8) is 0 Å². The third-order valence-corrected chi connectivity index (χ3v) is 5.74. The monoisotopic (exact) mass is 428 g/mol. The maximum atomic E-state index is 15.2. The fourth-order valence-electron chi connectivity index (χ4n) is 4.04. The van der Waals surface area contributed by atoms with Gasteiger partial charge in [-0.05, 0) is 77.3 Å². The van der Waals surface area contributed by atoms with Crippen LogP contribution >= 0.6 is 0 Å². The lowest BCUT2D eigenvalue weighted by Crippen LogP contribution is -2.06. The first-order chi connectivity index (χ1) is 14.9. The first-order valence-electron chi connectivity index (χ1n) is 10.3. The largest absolute Gasteiger partial charge is 0.206 e. The molecule has 1 aliphatic carbocycles. The minimum atomic E-state index is -1.67. The Bertz CT molecular complexity index is 1140. The Kier molecular flexibility index (Phi) is 5.94. The molecule has 31 heavy (non-hydrogen) atoms. The molecule has 0 saturated heterocycles.